The molecule has 0 radical (unpaired) electrons. The van der Waals surface area contributed by atoms with Crippen molar-refractivity contribution in [2.75, 3.05) is 37.2 Å². The van der Waals surface area contributed by atoms with Crippen molar-refractivity contribution in [1.82, 2.24) is 29.7 Å². The Morgan fingerprint density at radius 3 is 2.80 bits per heavy atom. The third kappa shape index (κ3) is 2.91. The number of imidazole rings is 1. The van der Waals surface area contributed by atoms with Crippen LogP contribution in [0.3, 0.4) is 0 Å². The predicted octanol–water partition coefficient (Wildman–Crippen LogP) is 1.59. The van der Waals surface area contributed by atoms with Gasteiger partial charge in [-0.2, -0.15) is 0 Å². The highest BCUT2D eigenvalue weighted by atomic mass is 16.6. The lowest BCUT2D eigenvalue weighted by Crippen LogP contribution is -2.26. The number of anilines is 2. The maximum absolute atomic E-state index is 5.85. The van der Waals surface area contributed by atoms with Crippen LogP contribution in [-0.2, 0) is 6.54 Å². The molecule has 3 aromatic heterocycles. The molecule has 0 saturated carbocycles. The molecule has 0 bridgehead atoms. The summed E-state index contributed by atoms with van der Waals surface area (Å²) in [4.78, 5) is 11.4. The Balaban J connectivity index is 1.65. The van der Waals surface area contributed by atoms with Crippen molar-refractivity contribution in [3.05, 3.63) is 12.4 Å². The highest BCUT2D eigenvalue weighted by molar-refractivity contribution is 5.90. The Bertz CT molecular complexity index is 864. The lowest BCUT2D eigenvalue weighted by atomic mass is 10.3. The van der Waals surface area contributed by atoms with E-state index >= 15 is 0 Å². The topological polar surface area (TPSA) is 111 Å². The van der Waals surface area contributed by atoms with Crippen LogP contribution in [0.15, 0.2) is 17.0 Å². The Kier molecular flexibility index (Phi) is 4.22. The first kappa shape index (κ1) is 15.8. The third-order valence-electron chi connectivity index (χ3n) is 4.63. The fraction of sp³-hybridized carbons (Fsp3) is 0.500. The van der Waals surface area contributed by atoms with E-state index in [1.165, 1.54) is 25.9 Å². The Morgan fingerprint density at radius 1 is 1.24 bits per heavy atom. The summed E-state index contributed by atoms with van der Waals surface area (Å²) in [6, 6.07) is 0. The van der Waals surface area contributed by atoms with Gasteiger partial charge in [0.05, 0.1) is 23.6 Å². The molecule has 132 valence electrons. The molecule has 0 atom stereocenters. The van der Waals surface area contributed by atoms with Crippen LogP contribution in [0.25, 0.3) is 22.6 Å². The van der Waals surface area contributed by atoms with Crippen LogP contribution >= 0.6 is 0 Å². The molecule has 3 N–H and O–H groups in total. The van der Waals surface area contributed by atoms with Crippen LogP contribution in [0.2, 0.25) is 0 Å². The van der Waals surface area contributed by atoms with Crippen molar-refractivity contribution < 1.29 is 4.63 Å². The summed E-state index contributed by atoms with van der Waals surface area (Å²) in [5.41, 5.74) is 9.07. The summed E-state index contributed by atoms with van der Waals surface area (Å²) in [6.07, 6.45) is 6.20. The molecule has 4 heterocycles. The molecular formula is C16H22N8O. The molecule has 4 rings (SSSR count). The average Bonchev–Trinajstić information content (AvgIpc) is 3.33. The minimum Gasteiger partial charge on any atom is -0.381 e. The largest absolute Gasteiger partial charge is 0.381 e. The molecule has 9 nitrogen and oxygen atoms in total. The smallest absolute Gasteiger partial charge is 0.199 e. The summed E-state index contributed by atoms with van der Waals surface area (Å²) in [5.74, 6) is 0.883. The van der Waals surface area contributed by atoms with Crippen LogP contribution in [0.5, 0.6) is 0 Å². The van der Waals surface area contributed by atoms with Crippen molar-refractivity contribution >= 4 is 22.5 Å². The normalized spacial score (nSPS) is 15.2. The number of fused-ring (bicyclic) bond motifs is 1. The number of rotatable bonds is 6. The van der Waals surface area contributed by atoms with E-state index < -0.39 is 0 Å². The SMILES string of the molecule is CCn1c(-c2nonc2N)nc2cncc(NCCN3CCCC3)c21. The molecule has 1 saturated heterocycles. The van der Waals surface area contributed by atoms with Gasteiger partial charge in [-0.05, 0) is 43.2 Å². The molecule has 0 aromatic carbocycles. The third-order valence-corrected chi connectivity index (χ3v) is 4.63. The van der Waals surface area contributed by atoms with E-state index in [1.807, 2.05) is 6.20 Å². The molecular weight excluding hydrogens is 320 g/mol. The number of pyridine rings is 1. The fourth-order valence-electron chi connectivity index (χ4n) is 3.41. The fourth-order valence-corrected chi connectivity index (χ4v) is 3.41. The number of nitrogens with one attached hydrogen (secondary N) is 1. The summed E-state index contributed by atoms with van der Waals surface area (Å²) in [6.45, 7) is 7.08. The number of nitrogens with two attached hydrogens (primary N) is 1. The first-order chi connectivity index (χ1) is 12.3. The number of hydrogen-bond acceptors (Lipinski definition) is 8. The van der Waals surface area contributed by atoms with Crippen LogP contribution in [0.4, 0.5) is 11.5 Å². The van der Waals surface area contributed by atoms with Gasteiger partial charge < -0.3 is 20.5 Å². The van der Waals surface area contributed by atoms with E-state index in [-0.39, 0.29) is 5.82 Å². The maximum Gasteiger partial charge on any atom is 0.199 e. The highest BCUT2D eigenvalue weighted by Crippen LogP contribution is 2.30. The van der Waals surface area contributed by atoms with Crippen molar-refractivity contribution in [2.45, 2.75) is 26.3 Å². The van der Waals surface area contributed by atoms with Gasteiger partial charge in [-0.15, -0.1) is 0 Å². The molecule has 1 fully saturated rings. The van der Waals surface area contributed by atoms with E-state index in [2.05, 4.69) is 42.0 Å². The first-order valence-corrected chi connectivity index (χ1v) is 8.66. The van der Waals surface area contributed by atoms with E-state index in [9.17, 15) is 0 Å². The minimum atomic E-state index is 0.238. The summed E-state index contributed by atoms with van der Waals surface area (Å²) < 4.78 is 6.79. The lowest BCUT2D eigenvalue weighted by Gasteiger charge is -2.16. The number of hydrogen-bond donors (Lipinski definition) is 2. The minimum absolute atomic E-state index is 0.238. The van der Waals surface area contributed by atoms with E-state index in [0.717, 1.165) is 36.4 Å². The number of nitrogens with zero attached hydrogens (tertiary/aromatic N) is 6. The maximum atomic E-state index is 5.85. The Morgan fingerprint density at radius 2 is 2.08 bits per heavy atom. The molecule has 25 heavy (non-hydrogen) atoms. The van der Waals surface area contributed by atoms with E-state index in [0.29, 0.717) is 11.5 Å². The van der Waals surface area contributed by atoms with Gasteiger partial charge in [0.2, 0.25) is 0 Å². The molecule has 9 heteroatoms. The average molecular weight is 342 g/mol. The highest BCUT2D eigenvalue weighted by Gasteiger charge is 2.20. The first-order valence-electron chi connectivity index (χ1n) is 8.66. The van der Waals surface area contributed by atoms with Gasteiger partial charge in [0, 0.05) is 19.6 Å². The summed E-state index contributed by atoms with van der Waals surface area (Å²) >= 11 is 0. The zero-order valence-corrected chi connectivity index (χ0v) is 14.3. The van der Waals surface area contributed by atoms with Crippen molar-refractivity contribution in [1.29, 1.82) is 0 Å². The van der Waals surface area contributed by atoms with Crippen LogP contribution in [0, 0.1) is 0 Å². The molecule has 1 aliphatic rings. The molecule has 0 spiro atoms. The predicted molar refractivity (Wildman–Crippen MR) is 95.1 cm³/mol. The standard InChI is InChI=1S/C16H22N8O/c1-2-24-14-11(19-5-8-23-6-3-4-7-23)9-18-10-12(14)20-16(24)13-15(17)22-25-21-13/h9-10,19H,2-8H2,1H3,(H2,17,22). The second-order valence-corrected chi connectivity index (χ2v) is 6.21. The van der Waals surface area contributed by atoms with Gasteiger partial charge in [0.1, 0.15) is 5.52 Å². The van der Waals surface area contributed by atoms with E-state index in [4.69, 9.17) is 10.4 Å². The van der Waals surface area contributed by atoms with Crippen molar-refractivity contribution in [3.8, 4) is 11.5 Å². The van der Waals surface area contributed by atoms with Crippen molar-refractivity contribution in [2.24, 2.45) is 0 Å². The number of aromatic nitrogens is 5. The van der Waals surface area contributed by atoms with Gasteiger partial charge in [-0.3, -0.25) is 4.98 Å². The zero-order chi connectivity index (χ0) is 17.2. The Hall–Kier alpha value is -2.68. The zero-order valence-electron chi connectivity index (χ0n) is 14.3. The molecule has 0 amide bonds. The van der Waals surface area contributed by atoms with Crippen LogP contribution in [0.1, 0.15) is 19.8 Å². The molecule has 0 aliphatic carbocycles. The summed E-state index contributed by atoms with van der Waals surface area (Å²) in [7, 11) is 0. The van der Waals surface area contributed by atoms with Gasteiger partial charge in [0.15, 0.2) is 17.3 Å². The van der Waals surface area contributed by atoms with Crippen molar-refractivity contribution in [3.63, 3.8) is 0 Å². The summed E-state index contributed by atoms with van der Waals surface area (Å²) in [5, 5.41) is 11.1. The number of likely N-dealkylation sites (tertiary alicyclic amines) is 1. The lowest BCUT2D eigenvalue weighted by molar-refractivity contribution is 0.310. The number of nitrogen functional groups attached to an aromatic ring is 1. The van der Waals surface area contributed by atoms with Crippen LogP contribution in [-0.4, -0.2) is 55.9 Å². The van der Waals surface area contributed by atoms with Gasteiger partial charge in [0.25, 0.3) is 0 Å². The second-order valence-electron chi connectivity index (χ2n) is 6.21. The molecule has 3 aromatic rings. The Labute approximate surface area is 145 Å². The molecule has 0 unspecified atom stereocenters. The van der Waals surface area contributed by atoms with Crippen LogP contribution < -0.4 is 11.1 Å². The quantitative estimate of drug-likeness (QED) is 0.695. The van der Waals surface area contributed by atoms with Gasteiger partial charge >= 0.3 is 0 Å². The molecule has 1 aliphatic heterocycles. The second kappa shape index (κ2) is 6.67. The van der Waals surface area contributed by atoms with Gasteiger partial charge in [-0.25, -0.2) is 9.61 Å². The number of aryl methyl sites for hydroxylation is 1. The van der Waals surface area contributed by atoms with E-state index in [1.54, 1.807) is 6.20 Å². The van der Waals surface area contributed by atoms with Gasteiger partial charge in [-0.1, -0.05) is 0 Å². The monoisotopic (exact) mass is 342 g/mol.